The number of aliphatic hydroxyl groups excluding tert-OH is 1. The van der Waals surface area contributed by atoms with Crippen LogP contribution in [0.3, 0.4) is 0 Å². The third-order valence-corrected chi connectivity index (χ3v) is 1.82. The van der Waals surface area contributed by atoms with Crippen LogP contribution < -0.4 is 4.74 Å². The number of alkyl halides is 1. The molecule has 0 amide bonds. The lowest BCUT2D eigenvalue weighted by molar-refractivity contribution is 0.177. The van der Waals surface area contributed by atoms with Crippen LogP contribution in [-0.4, -0.2) is 17.0 Å². The zero-order chi connectivity index (χ0) is 9.84. The fraction of sp³-hybridized carbons (Fsp3) is 0.375. The highest BCUT2D eigenvalue weighted by Crippen LogP contribution is 2.23. The molecule has 0 aromatic carbocycles. The minimum Gasteiger partial charge on any atom is -0.445 e. The van der Waals surface area contributed by atoms with Crippen LogP contribution in [0.2, 0.25) is 5.15 Å². The van der Waals surface area contributed by atoms with Gasteiger partial charge in [-0.05, 0) is 18.6 Å². The number of hydrogen-bond acceptors (Lipinski definition) is 3. The van der Waals surface area contributed by atoms with Crippen molar-refractivity contribution in [1.82, 2.24) is 4.98 Å². The summed E-state index contributed by atoms with van der Waals surface area (Å²) in [6.07, 6.45) is 0. The fourth-order valence-electron chi connectivity index (χ4n) is 0.995. The van der Waals surface area contributed by atoms with Gasteiger partial charge in [0.2, 0.25) is 12.7 Å². The summed E-state index contributed by atoms with van der Waals surface area (Å²) in [4.78, 5) is 3.74. The molecule has 1 heterocycles. The highest BCUT2D eigenvalue weighted by atomic mass is 35.5. The Hall–Kier alpha value is -0.870. The third kappa shape index (κ3) is 2.29. The normalized spacial score (nSPS) is 10.2. The smallest absolute Gasteiger partial charge is 0.230 e. The number of rotatable bonds is 3. The van der Waals surface area contributed by atoms with E-state index in [1.165, 1.54) is 0 Å². The van der Waals surface area contributed by atoms with Gasteiger partial charge >= 0.3 is 0 Å². The monoisotopic (exact) mass is 205 g/mol. The van der Waals surface area contributed by atoms with Gasteiger partial charge in [-0.15, -0.1) is 0 Å². The predicted molar refractivity (Wildman–Crippen MR) is 46.5 cm³/mol. The lowest BCUT2D eigenvalue weighted by Gasteiger charge is -2.08. The van der Waals surface area contributed by atoms with E-state index in [1.807, 2.05) is 0 Å². The van der Waals surface area contributed by atoms with Crippen molar-refractivity contribution in [3.63, 3.8) is 0 Å². The summed E-state index contributed by atoms with van der Waals surface area (Å²) in [5.74, 6) is 0.0509. The first-order chi connectivity index (χ1) is 6.19. The number of aromatic nitrogens is 1. The highest BCUT2D eigenvalue weighted by molar-refractivity contribution is 6.29. The molecule has 0 saturated carbocycles. The Morgan fingerprint density at radius 3 is 2.92 bits per heavy atom. The van der Waals surface area contributed by atoms with Gasteiger partial charge in [0.1, 0.15) is 5.15 Å². The molecule has 0 aliphatic heterocycles. The fourth-order valence-corrected chi connectivity index (χ4v) is 1.24. The molecular formula is C8H9ClFNO2. The first kappa shape index (κ1) is 10.2. The van der Waals surface area contributed by atoms with Crippen molar-refractivity contribution in [2.75, 3.05) is 6.86 Å². The van der Waals surface area contributed by atoms with Crippen LogP contribution >= 0.6 is 11.6 Å². The Morgan fingerprint density at radius 1 is 1.69 bits per heavy atom. The molecule has 5 heteroatoms. The lowest BCUT2D eigenvalue weighted by Crippen LogP contribution is -2.01. The molecule has 0 fully saturated rings. The van der Waals surface area contributed by atoms with Gasteiger partial charge in [0.25, 0.3) is 0 Å². The number of aliphatic hydroxyl groups is 1. The Labute approximate surface area is 80.1 Å². The maximum Gasteiger partial charge on any atom is 0.230 e. The number of halogens is 2. The van der Waals surface area contributed by atoms with Crippen LogP contribution in [-0.2, 0) is 6.61 Å². The number of pyridine rings is 1. The second kappa shape index (κ2) is 4.39. The second-order valence-electron chi connectivity index (χ2n) is 2.46. The molecule has 0 bridgehead atoms. The average molecular weight is 206 g/mol. The number of hydrogen-bond donors (Lipinski definition) is 1. The lowest BCUT2D eigenvalue weighted by atomic mass is 10.1. The molecule has 0 aliphatic carbocycles. The van der Waals surface area contributed by atoms with Gasteiger partial charge < -0.3 is 9.84 Å². The molecule has 3 nitrogen and oxygen atoms in total. The van der Waals surface area contributed by atoms with E-state index in [0.29, 0.717) is 5.56 Å². The molecule has 0 atom stereocenters. The molecule has 1 rings (SSSR count). The van der Waals surface area contributed by atoms with Crippen LogP contribution in [0.4, 0.5) is 4.39 Å². The van der Waals surface area contributed by atoms with Gasteiger partial charge in [-0.3, -0.25) is 0 Å². The van der Waals surface area contributed by atoms with E-state index in [-0.39, 0.29) is 17.6 Å². The highest BCUT2D eigenvalue weighted by Gasteiger charge is 2.09. The maximum absolute atomic E-state index is 11.9. The van der Waals surface area contributed by atoms with Gasteiger partial charge in [0.05, 0.1) is 6.61 Å². The van der Waals surface area contributed by atoms with E-state index in [2.05, 4.69) is 9.72 Å². The van der Waals surface area contributed by atoms with Crippen molar-refractivity contribution in [1.29, 1.82) is 0 Å². The zero-order valence-electron chi connectivity index (χ0n) is 7.05. The zero-order valence-corrected chi connectivity index (χ0v) is 7.81. The Bertz CT molecular complexity index is 306. The van der Waals surface area contributed by atoms with Crippen molar-refractivity contribution in [3.05, 3.63) is 22.3 Å². The molecule has 1 aromatic heterocycles. The summed E-state index contributed by atoms with van der Waals surface area (Å²) < 4.78 is 16.4. The van der Waals surface area contributed by atoms with Crippen LogP contribution in [0.25, 0.3) is 0 Å². The first-order valence-electron chi connectivity index (χ1n) is 3.64. The number of nitrogens with zero attached hydrogens (tertiary/aromatic N) is 1. The minimum absolute atomic E-state index is 0.0509. The van der Waals surface area contributed by atoms with Crippen molar-refractivity contribution >= 4 is 11.6 Å². The molecule has 1 aromatic rings. The second-order valence-corrected chi connectivity index (χ2v) is 2.84. The summed E-state index contributed by atoms with van der Waals surface area (Å²) in [5, 5.41) is 9.15. The molecule has 0 spiro atoms. The summed E-state index contributed by atoms with van der Waals surface area (Å²) in [6.45, 7) is 0.509. The van der Waals surface area contributed by atoms with Crippen molar-refractivity contribution in [2.45, 2.75) is 13.5 Å². The number of ether oxygens (including phenoxy) is 1. The summed E-state index contributed by atoms with van der Waals surface area (Å²) in [7, 11) is 0. The quantitative estimate of drug-likeness (QED) is 0.766. The molecule has 72 valence electrons. The topological polar surface area (TPSA) is 42.4 Å². The molecule has 13 heavy (non-hydrogen) atoms. The Morgan fingerprint density at radius 2 is 2.38 bits per heavy atom. The van der Waals surface area contributed by atoms with E-state index in [9.17, 15) is 4.39 Å². The van der Waals surface area contributed by atoms with Crippen LogP contribution in [0.15, 0.2) is 6.07 Å². The standard InChI is InChI=1S/C8H9ClFNO2/c1-5-2-7(9)11-8(13-4-10)6(5)3-12/h2,12H,3-4H2,1H3. The SMILES string of the molecule is Cc1cc(Cl)nc(OCF)c1CO. The Balaban J connectivity index is 3.13. The summed E-state index contributed by atoms with van der Waals surface area (Å²) in [6, 6.07) is 1.58. The van der Waals surface area contributed by atoms with Crippen LogP contribution in [0.5, 0.6) is 5.88 Å². The van der Waals surface area contributed by atoms with Crippen molar-refractivity contribution < 1.29 is 14.2 Å². The van der Waals surface area contributed by atoms with E-state index in [1.54, 1.807) is 13.0 Å². The Kier molecular flexibility index (Phi) is 3.45. The first-order valence-corrected chi connectivity index (χ1v) is 4.02. The molecule has 0 unspecified atom stereocenters. The number of aryl methyl sites for hydroxylation is 1. The molecule has 0 radical (unpaired) electrons. The van der Waals surface area contributed by atoms with Gasteiger partial charge in [0.15, 0.2) is 0 Å². The van der Waals surface area contributed by atoms with E-state index >= 15 is 0 Å². The average Bonchev–Trinajstić information content (AvgIpc) is 2.04. The minimum atomic E-state index is -0.986. The van der Waals surface area contributed by atoms with Crippen molar-refractivity contribution in [3.8, 4) is 5.88 Å². The van der Waals surface area contributed by atoms with Crippen LogP contribution in [0, 0.1) is 6.92 Å². The molecule has 0 aliphatic rings. The molecule has 0 saturated heterocycles. The van der Waals surface area contributed by atoms with Crippen LogP contribution in [0.1, 0.15) is 11.1 Å². The molecular weight excluding hydrogens is 197 g/mol. The van der Waals surface area contributed by atoms with E-state index in [4.69, 9.17) is 16.7 Å². The van der Waals surface area contributed by atoms with E-state index < -0.39 is 6.86 Å². The van der Waals surface area contributed by atoms with Gasteiger partial charge in [-0.1, -0.05) is 11.6 Å². The largest absolute Gasteiger partial charge is 0.445 e. The van der Waals surface area contributed by atoms with Crippen molar-refractivity contribution in [2.24, 2.45) is 0 Å². The van der Waals surface area contributed by atoms with Gasteiger partial charge in [-0.2, -0.15) is 0 Å². The van der Waals surface area contributed by atoms with Gasteiger partial charge in [0, 0.05) is 5.56 Å². The molecule has 1 N–H and O–H groups in total. The predicted octanol–water partition coefficient (Wildman–Crippen LogP) is 1.84. The van der Waals surface area contributed by atoms with Gasteiger partial charge in [-0.25, -0.2) is 9.37 Å². The van der Waals surface area contributed by atoms with E-state index in [0.717, 1.165) is 5.56 Å². The summed E-state index contributed by atoms with van der Waals surface area (Å²) in [5.41, 5.74) is 1.19. The third-order valence-electron chi connectivity index (χ3n) is 1.63. The maximum atomic E-state index is 11.9. The summed E-state index contributed by atoms with van der Waals surface area (Å²) >= 11 is 5.62.